The van der Waals surface area contributed by atoms with Crippen LogP contribution in [0.25, 0.3) is 0 Å². The number of hydrogen-bond donors (Lipinski definition) is 2. The number of nitrogens with zero attached hydrogens (tertiary/aromatic N) is 2. The van der Waals surface area contributed by atoms with E-state index in [9.17, 15) is 4.79 Å². The number of hydrogen-bond acceptors (Lipinski definition) is 5. The molecule has 1 aromatic rings. The number of carbonyl (C=O) groups is 1. The average molecular weight is 228 g/mol. The van der Waals surface area contributed by atoms with E-state index in [1.165, 1.54) is 24.2 Å². The summed E-state index contributed by atoms with van der Waals surface area (Å²) >= 11 is 1.31. The number of aromatic carboxylic acids is 1. The van der Waals surface area contributed by atoms with E-state index in [4.69, 9.17) is 10.2 Å². The molecule has 0 aliphatic carbocycles. The molecule has 15 heavy (non-hydrogen) atoms. The molecular formula is C9H12N2O3S. The van der Waals surface area contributed by atoms with Gasteiger partial charge in [-0.1, -0.05) is 6.92 Å². The van der Waals surface area contributed by atoms with Crippen LogP contribution >= 0.6 is 11.8 Å². The van der Waals surface area contributed by atoms with E-state index in [-0.39, 0.29) is 17.6 Å². The van der Waals surface area contributed by atoms with Gasteiger partial charge in [-0.25, -0.2) is 14.8 Å². The Kier molecular flexibility index (Phi) is 4.51. The van der Waals surface area contributed by atoms with Gasteiger partial charge in [0.2, 0.25) is 0 Å². The lowest BCUT2D eigenvalue weighted by atomic mass is 10.3. The van der Waals surface area contributed by atoms with Crippen molar-refractivity contribution in [2.24, 2.45) is 0 Å². The molecule has 6 heteroatoms. The summed E-state index contributed by atoms with van der Waals surface area (Å²) < 4.78 is 0. The maximum Gasteiger partial charge on any atom is 0.357 e. The lowest BCUT2D eigenvalue weighted by molar-refractivity contribution is 0.0685. The lowest BCUT2D eigenvalue weighted by Gasteiger charge is -2.09. The van der Waals surface area contributed by atoms with Gasteiger partial charge in [-0.15, -0.1) is 11.8 Å². The third-order valence-electron chi connectivity index (χ3n) is 1.72. The van der Waals surface area contributed by atoms with E-state index in [0.29, 0.717) is 11.4 Å². The Morgan fingerprint density at radius 1 is 1.53 bits per heavy atom. The number of aliphatic hydroxyl groups excluding tert-OH is 1. The van der Waals surface area contributed by atoms with Gasteiger partial charge in [0.25, 0.3) is 0 Å². The summed E-state index contributed by atoms with van der Waals surface area (Å²) in [4.78, 5) is 18.5. The highest BCUT2D eigenvalue weighted by Gasteiger charge is 2.15. The number of aromatic nitrogens is 2. The number of aliphatic hydroxyl groups is 1. The molecule has 82 valence electrons. The van der Waals surface area contributed by atoms with Crippen molar-refractivity contribution >= 4 is 17.7 Å². The van der Waals surface area contributed by atoms with Gasteiger partial charge in [-0.2, -0.15) is 0 Å². The Morgan fingerprint density at radius 3 is 2.80 bits per heavy atom. The topological polar surface area (TPSA) is 83.3 Å². The van der Waals surface area contributed by atoms with Crippen LogP contribution in [0.15, 0.2) is 17.4 Å². The second kappa shape index (κ2) is 5.67. The van der Waals surface area contributed by atoms with E-state index in [2.05, 4.69) is 9.97 Å². The Hall–Kier alpha value is -1.14. The van der Waals surface area contributed by atoms with Crippen molar-refractivity contribution in [1.82, 2.24) is 9.97 Å². The van der Waals surface area contributed by atoms with E-state index in [0.717, 1.165) is 0 Å². The van der Waals surface area contributed by atoms with Crippen molar-refractivity contribution < 1.29 is 15.0 Å². The SMILES string of the molecule is CC(CCO)Sc1nccnc1C(=O)O. The van der Waals surface area contributed by atoms with Crippen molar-refractivity contribution in [3.05, 3.63) is 18.1 Å². The molecule has 1 unspecified atom stereocenters. The summed E-state index contributed by atoms with van der Waals surface area (Å²) in [7, 11) is 0. The summed E-state index contributed by atoms with van der Waals surface area (Å²) in [5.74, 6) is -1.08. The fourth-order valence-corrected chi connectivity index (χ4v) is 1.97. The van der Waals surface area contributed by atoms with Crippen LogP contribution in [-0.2, 0) is 0 Å². The Morgan fingerprint density at radius 2 is 2.20 bits per heavy atom. The minimum Gasteiger partial charge on any atom is -0.476 e. The van der Waals surface area contributed by atoms with Gasteiger partial charge in [0.15, 0.2) is 5.69 Å². The minimum absolute atomic E-state index is 0.0349. The average Bonchev–Trinajstić information content (AvgIpc) is 2.18. The first-order valence-corrected chi connectivity index (χ1v) is 5.35. The molecule has 1 rings (SSSR count). The summed E-state index contributed by atoms with van der Waals surface area (Å²) in [6.45, 7) is 1.98. The van der Waals surface area contributed by atoms with Gasteiger partial charge in [-0.3, -0.25) is 0 Å². The molecule has 0 aromatic carbocycles. The molecule has 0 saturated carbocycles. The molecule has 0 aliphatic heterocycles. The van der Waals surface area contributed by atoms with Crippen LogP contribution in [0.1, 0.15) is 23.8 Å². The van der Waals surface area contributed by atoms with E-state index in [1.807, 2.05) is 6.92 Å². The van der Waals surface area contributed by atoms with Crippen molar-refractivity contribution in [3.63, 3.8) is 0 Å². The van der Waals surface area contributed by atoms with Crippen LogP contribution in [0.5, 0.6) is 0 Å². The summed E-state index contributed by atoms with van der Waals surface area (Å²) in [5, 5.41) is 18.1. The molecule has 5 nitrogen and oxygen atoms in total. The van der Waals surface area contributed by atoms with Crippen LogP contribution in [-0.4, -0.2) is 38.0 Å². The van der Waals surface area contributed by atoms with E-state index >= 15 is 0 Å². The molecule has 0 radical (unpaired) electrons. The third kappa shape index (κ3) is 3.49. The standard InChI is InChI=1S/C9H12N2O3S/c1-6(2-5-12)15-8-7(9(13)14)10-3-4-11-8/h3-4,6,12H,2,5H2,1H3,(H,13,14). The van der Waals surface area contributed by atoms with Gasteiger partial charge in [-0.05, 0) is 6.42 Å². The van der Waals surface area contributed by atoms with Crippen LogP contribution in [0.3, 0.4) is 0 Å². The second-order valence-electron chi connectivity index (χ2n) is 2.96. The first-order valence-electron chi connectivity index (χ1n) is 4.47. The Bertz CT molecular complexity index is 346. The summed E-state index contributed by atoms with van der Waals surface area (Å²) in [6.07, 6.45) is 3.41. The Labute approximate surface area is 91.6 Å². The zero-order chi connectivity index (χ0) is 11.3. The maximum absolute atomic E-state index is 10.8. The molecule has 1 aromatic heterocycles. The highest BCUT2D eigenvalue weighted by Crippen LogP contribution is 2.24. The third-order valence-corrected chi connectivity index (χ3v) is 2.88. The van der Waals surface area contributed by atoms with Crippen molar-refractivity contribution in [2.45, 2.75) is 23.6 Å². The Balaban J connectivity index is 2.79. The van der Waals surface area contributed by atoms with Gasteiger partial charge < -0.3 is 10.2 Å². The smallest absolute Gasteiger partial charge is 0.357 e. The molecule has 0 bridgehead atoms. The molecule has 2 N–H and O–H groups in total. The number of rotatable bonds is 5. The second-order valence-corrected chi connectivity index (χ2v) is 4.38. The molecule has 0 aliphatic rings. The molecule has 1 atom stereocenters. The highest BCUT2D eigenvalue weighted by atomic mass is 32.2. The monoisotopic (exact) mass is 228 g/mol. The van der Waals surface area contributed by atoms with E-state index in [1.54, 1.807) is 0 Å². The minimum atomic E-state index is -1.08. The predicted molar refractivity (Wildman–Crippen MR) is 56.0 cm³/mol. The van der Waals surface area contributed by atoms with Gasteiger partial charge in [0, 0.05) is 24.3 Å². The molecular weight excluding hydrogens is 216 g/mol. The van der Waals surface area contributed by atoms with Gasteiger partial charge >= 0.3 is 5.97 Å². The largest absolute Gasteiger partial charge is 0.476 e. The number of thioether (sulfide) groups is 1. The zero-order valence-electron chi connectivity index (χ0n) is 8.25. The van der Waals surface area contributed by atoms with Crippen LogP contribution < -0.4 is 0 Å². The number of carboxylic acid groups (broad SMARTS) is 1. The van der Waals surface area contributed by atoms with Crippen LogP contribution in [0.4, 0.5) is 0 Å². The van der Waals surface area contributed by atoms with Crippen LogP contribution in [0.2, 0.25) is 0 Å². The molecule has 0 fully saturated rings. The number of carboxylic acids is 1. The quantitative estimate of drug-likeness (QED) is 0.732. The molecule has 0 amide bonds. The summed E-state index contributed by atoms with van der Waals surface area (Å²) in [5.41, 5.74) is -0.0349. The van der Waals surface area contributed by atoms with Crippen molar-refractivity contribution in [1.29, 1.82) is 0 Å². The molecule has 0 spiro atoms. The van der Waals surface area contributed by atoms with Crippen molar-refractivity contribution in [2.75, 3.05) is 6.61 Å². The lowest BCUT2D eigenvalue weighted by Crippen LogP contribution is -2.07. The van der Waals surface area contributed by atoms with Gasteiger partial charge in [0.05, 0.1) is 0 Å². The normalized spacial score (nSPS) is 12.4. The summed E-state index contributed by atoms with van der Waals surface area (Å²) in [6, 6.07) is 0. The fraction of sp³-hybridized carbons (Fsp3) is 0.444. The van der Waals surface area contributed by atoms with Crippen LogP contribution in [0, 0.1) is 0 Å². The first kappa shape index (κ1) is 11.9. The van der Waals surface area contributed by atoms with E-state index < -0.39 is 5.97 Å². The fourth-order valence-electron chi connectivity index (χ4n) is 0.989. The first-order chi connectivity index (χ1) is 7.15. The van der Waals surface area contributed by atoms with Crippen molar-refractivity contribution in [3.8, 4) is 0 Å². The maximum atomic E-state index is 10.8. The molecule has 0 saturated heterocycles. The zero-order valence-corrected chi connectivity index (χ0v) is 9.07. The molecule has 1 heterocycles. The van der Waals surface area contributed by atoms with Gasteiger partial charge in [0.1, 0.15) is 5.03 Å². The highest BCUT2D eigenvalue weighted by molar-refractivity contribution is 7.99. The predicted octanol–water partition coefficient (Wildman–Crippen LogP) is 1.04.